The van der Waals surface area contributed by atoms with Gasteiger partial charge in [-0.05, 0) is 55.5 Å². The Morgan fingerprint density at radius 1 is 1.08 bits per heavy atom. The van der Waals surface area contributed by atoms with Crippen LogP contribution in [0.25, 0.3) is 10.9 Å². The van der Waals surface area contributed by atoms with Crippen molar-refractivity contribution in [3.8, 4) is 11.5 Å². The first-order chi connectivity index (χ1) is 11.7. The summed E-state index contributed by atoms with van der Waals surface area (Å²) in [6.07, 6.45) is 1.91. The molecule has 0 fully saturated rings. The number of hydrogen-bond donors (Lipinski definition) is 1. The molecule has 0 saturated heterocycles. The summed E-state index contributed by atoms with van der Waals surface area (Å²) in [7, 11) is 1.61. The molecule has 1 amide bonds. The lowest BCUT2D eigenvalue weighted by atomic mass is 10.2. The van der Waals surface area contributed by atoms with Crippen LogP contribution >= 0.6 is 0 Å². The molecular formula is C19H20N2O3. The van der Waals surface area contributed by atoms with Crippen molar-refractivity contribution in [2.24, 2.45) is 0 Å². The van der Waals surface area contributed by atoms with Crippen LogP contribution in [0.2, 0.25) is 0 Å². The summed E-state index contributed by atoms with van der Waals surface area (Å²) >= 11 is 0. The maximum absolute atomic E-state index is 12.3. The van der Waals surface area contributed by atoms with Crippen molar-refractivity contribution in [3.63, 3.8) is 0 Å². The first kappa shape index (κ1) is 15.9. The van der Waals surface area contributed by atoms with Crippen molar-refractivity contribution < 1.29 is 14.3 Å². The summed E-state index contributed by atoms with van der Waals surface area (Å²) < 4.78 is 12.5. The van der Waals surface area contributed by atoms with Crippen molar-refractivity contribution in [1.29, 1.82) is 0 Å². The van der Waals surface area contributed by atoms with Crippen molar-refractivity contribution >= 4 is 22.5 Å². The van der Waals surface area contributed by atoms with Crippen LogP contribution < -0.4 is 14.8 Å². The molecule has 2 aromatic carbocycles. The van der Waals surface area contributed by atoms with E-state index in [1.54, 1.807) is 7.11 Å². The number of anilines is 1. The van der Waals surface area contributed by atoms with Crippen LogP contribution in [-0.4, -0.2) is 24.2 Å². The van der Waals surface area contributed by atoms with E-state index < -0.39 is 0 Å². The highest BCUT2D eigenvalue weighted by atomic mass is 16.5. The molecule has 0 unspecified atom stereocenters. The molecule has 124 valence electrons. The zero-order chi connectivity index (χ0) is 16.9. The van der Waals surface area contributed by atoms with Gasteiger partial charge in [-0.15, -0.1) is 0 Å². The zero-order valence-corrected chi connectivity index (χ0v) is 13.8. The molecule has 5 heteroatoms. The van der Waals surface area contributed by atoms with Crippen LogP contribution in [0, 0.1) is 0 Å². The van der Waals surface area contributed by atoms with Crippen molar-refractivity contribution in [2.45, 2.75) is 13.5 Å². The molecule has 5 nitrogen and oxygen atoms in total. The Hall–Kier alpha value is -2.95. The lowest BCUT2D eigenvalue weighted by molar-refractivity contribution is -0.116. The van der Waals surface area contributed by atoms with Gasteiger partial charge in [0.25, 0.3) is 0 Å². The molecule has 0 atom stereocenters. The molecule has 3 rings (SSSR count). The molecule has 3 aromatic rings. The van der Waals surface area contributed by atoms with Crippen molar-refractivity contribution in [2.75, 3.05) is 19.0 Å². The highest BCUT2D eigenvalue weighted by Gasteiger charge is 2.08. The SMILES string of the molecule is CCOc1ccc2c(ccn2CC(=O)Nc2ccc(OC)cc2)c1. The van der Waals surface area contributed by atoms with Gasteiger partial charge in [-0.2, -0.15) is 0 Å². The lowest BCUT2D eigenvalue weighted by Crippen LogP contribution is -2.18. The summed E-state index contributed by atoms with van der Waals surface area (Å²) in [5.74, 6) is 1.52. The topological polar surface area (TPSA) is 52.5 Å². The highest BCUT2D eigenvalue weighted by molar-refractivity contribution is 5.92. The molecule has 0 aliphatic heterocycles. The number of benzene rings is 2. The van der Waals surface area contributed by atoms with Crippen LogP contribution in [0.3, 0.4) is 0 Å². The number of hydrogen-bond acceptors (Lipinski definition) is 3. The number of methoxy groups -OCH3 is 1. The first-order valence-corrected chi connectivity index (χ1v) is 7.85. The summed E-state index contributed by atoms with van der Waals surface area (Å²) in [6, 6.07) is 15.1. The molecule has 1 N–H and O–H groups in total. The number of carbonyl (C=O) groups excluding carboxylic acids is 1. The largest absolute Gasteiger partial charge is 0.497 e. The van der Waals surface area contributed by atoms with E-state index in [2.05, 4.69) is 5.32 Å². The normalized spacial score (nSPS) is 10.6. The molecule has 0 aliphatic rings. The molecule has 0 spiro atoms. The van der Waals surface area contributed by atoms with Gasteiger partial charge in [-0.25, -0.2) is 0 Å². The molecule has 0 radical (unpaired) electrons. The van der Waals surface area contributed by atoms with E-state index in [-0.39, 0.29) is 12.5 Å². The van der Waals surface area contributed by atoms with Crippen LogP contribution in [0.15, 0.2) is 54.7 Å². The standard InChI is InChI=1S/C19H20N2O3/c1-3-24-17-8-9-18-14(12-17)10-11-21(18)13-19(22)20-15-4-6-16(23-2)7-5-15/h4-12H,3,13H2,1-2H3,(H,20,22). The number of aromatic nitrogens is 1. The molecule has 24 heavy (non-hydrogen) atoms. The predicted molar refractivity (Wildman–Crippen MR) is 94.7 cm³/mol. The number of rotatable bonds is 6. The predicted octanol–water partition coefficient (Wildman–Crippen LogP) is 3.69. The Morgan fingerprint density at radius 3 is 2.54 bits per heavy atom. The third-order valence-electron chi connectivity index (χ3n) is 3.74. The van der Waals surface area contributed by atoms with Gasteiger partial charge in [0.05, 0.1) is 13.7 Å². The maximum atomic E-state index is 12.3. The van der Waals surface area contributed by atoms with E-state index >= 15 is 0 Å². The van der Waals surface area contributed by atoms with Gasteiger partial charge >= 0.3 is 0 Å². The fraction of sp³-hybridized carbons (Fsp3) is 0.211. The monoisotopic (exact) mass is 324 g/mol. The Kier molecular flexibility index (Phi) is 4.70. The number of ether oxygens (including phenoxy) is 2. The van der Waals surface area contributed by atoms with E-state index in [9.17, 15) is 4.79 Å². The minimum absolute atomic E-state index is 0.0773. The van der Waals surface area contributed by atoms with Crippen LogP contribution in [0.4, 0.5) is 5.69 Å². The average molecular weight is 324 g/mol. The molecule has 0 bridgehead atoms. The smallest absolute Gasteiger partial charge is 0.244 e. The van der Waals surface area contributed by atoms with Gasteiger partial charge in [0.2, 0.25) is 5.91 Å². The minimum atomic E-state index is -0.0773. The molecule has 1 aromatic heterocycles. The van der Waals surface area contributed by atoms with E-state index in [1.807, 2.05) is 66.2 Å². The van der Waals surface area contributed by atoms with Gasteiger partial charge in [0.15, 0.2) is 0 Å². The van der Waals surface area contributed by atoms with Crippen molar-refractivity contribution in [1.82, 2.24) is 4.57 Å². The summed E-state index contributed by atoms with van der Waals surface area (Å²) in [5, 5.41) is 3.94. The minimum Gasteiger partial charge on any atom is -0.497 e. The second-order valence-electron chi connectivity index (χ2n) is 5.37. The average Bonchev–Trinajstić information content (AvgIpc) is 2.98. The molecule has 0 aliphatic carbocycles. The highest BCUT2D eigenvalue weighted by Crippen LogP contribution is 2.22. The quantitative estimate of drug-likeness (QED) is 0.752. The first-order valence-electron chi connectivity index (χ1n) is 7.85. The molecule has 1 heterocycles. The van der Waals surface area contributed by atoms with E-state index in [4.69, 9.17) is 9.47 Å². The number of fused-ring (bicyclic) bond motifs is 1. The third kappa shape index (κ3) is 3.51. The van der Waals surface area contributed by atoms with Gasteiger partial charge in [0, 0.05) is 22.8 Å². The fourth-order valence-corrected chi connectivity index (χ4v) is 2.60. The lowest BCUT2D eigenvalue weighted by Gasteiger charge is -2.09. The third-order valence-corrected chi connectivity index (χ3v) is 3.74. The van der Waals surface area contributed by atoms with Crippen molar-refractivity contribution in [3.05, 3.63) is 54.7 Å². The van der Waals surface area contributed by atoms with E-state index in [0.717, 1.165) is 28.1 Å². The van der Waals surface area contributed by atoms with Crippen LogP contribution in [0.1, 0.15) is 6.92 Å². The maximum Gasteiger partial charge on any atom is 0.244 e. The Balaban J connectivity index is 1.70. The number of carbonyl (C=O) groups is 1. The second-order valence-corrected chi connectivity index (χ2v) is 5.37. The van der Waals surface area contributed by atoms with Gasteiger partial charge < -0.3 is 19.4 Å². The summed E-state index contributed by atoms with van der Waals surface area (Å²) in [5.41, 5.74) is 1.75. The number of amides is 1. The van der Waals surface area contributed by atoms with E-state index in [1.165, 1.54) is 0 Å². The Labute approximate surface area is 140 Å². The van der Waals surface area contributed by atoms with Gasteiger partial charge in [0.1, 0.15) is 18.0 Å². The Morgan fingerprint density at radius 2 is 1.83 bits per heavy atom. The van der Waals surface area contributed by atoms with Crippen LogP contribution in [0.5, 0.6) is 11.5 Å². The Bertz CT molecular complexity index is 837. The summed E-state index contributed by atoms with van der Waals surface area (Å²) in [6.45, 7) is 2.85. The number of nitrogens with one attached hydrogen (secondary N) is 1. The molecule has 0 saturated carbocycles. The number of nitrogens with zero attached hydrogens (tertiary/aromatic N) is 1. The fourth-order valence-electron chi connectivity index (χ4n) is 2.60. The van der Waals surface area contributed by atoms with Gasteiger partial charge in [-0.3, -0.25) is 4.79 Å². The molecular weight excluding hydrogens is 304 g/mol. The second kappa shape index (κ2) is 7.08. The van der Waals surface area contributed by atoms with E-state index in [0.29, 0.717) is 6.61 Å². The van der Waals surface area contributed by atoms with Crippen LogP contribution in [-0.2, 0) is 11.3 Å². The zero-order valence-electron chi connectivity index (χ0n) is 13.8. The van der Waals surface area contributed by atoms with Gasteiger partial charge in [-0.1, -0.05) is 0 Å². The summed E-state index contributed by atoms with van der Waals surface area (Å²) in [4.78, 5) is 12.3.